The Labute approximate surface area is 226 Å². The van der Waals surface area contributed by atoms with Crippen LogP contribution in [-0.2, 0) is 17.8 Å². The number of hydrogen-bond acceptors (Lipinski definition) is 6. The van der Waals surface area contributed by atoms with Crippen LogP contribution in [0.4, 0.5) is 4.39 Å². The second kappa shape index (κ2) is 12.2. The molecule has 39 heavy (non-hydrogen) atoms. The van der Waals surface area contributed by atoms with Crippen LogP contribution >= 0.6 is 0 Å². The number of likely N-dealkylation sites (tertiary alicyclic amines) is 1. The van der Waals surface area contributed by atoms with Gasteiger partial charge in [0.2, 0.25) is 5.75 Å². The minimum atomic E-state index is -1.14. The van der Waals surface area contributed by atoms with E-state index in [0.29, 0.717) is 12.5 Å². The summed E-state index contributed by atoms with van der Waals surface area (Å²) in [4.78, 5) is 32.2. The number of nitrogens with one attached hydrogen (secondary N) is 3. The first-order valence-electron chi connectivity index (χ1n) is 13.2. The average molecular weight is 530 g/mol. The van der Waals surface area contributed by atoms with Crippen LogP contribution in [0.5, 0.6) is 5.75 Å². The van der Waals surface area contributed by atoms with Gasteiger partial charge in [0.25, 0.3) is 11.5 Å². The number of H-pyrrole nitrogens is 1. The van der Waals surface area contributed by atoms with Gasteiger partial charge in [-0.1, -0.05) is 36.1 Å². The van der Waals surface area contributed by atoms with Crippen LogP contribution in [0.3, 0.4) is 0 Å². The SMILES string of the molecule is O=C(CF)NCC(Cc1ccc(C#Cc2ccc(CN3C[C@@H]4CCN[C@@H]4C3)cc2)cc1)c1nc[nH]c(=O)c1O. The molecule has 0 aliphatic carbocycles. The van der Waals surface area contributed by atoms with Crippen LogP contribution in [0.25, 0.3) is 0 Å². The smallest absolute Gasteiger partial charge is 0.293 e. The van der Waals surface area contributed by atoms with Gasteiger partial charge in [-0.05, 0) is 60.7 Å². The maximum absolute atomic E-state index is 12.6. The molecule has 1 aromatic heterocycles. The largest absolute Gasteiger partial charge is 0.502 e. The van der Waals surface area contributed by atoms with Crippen molar-refractivity contribution in [2.75, 3.05) is 32.9 Å². The number of hydrogen-bond donors (Lipinski definition) is 4. The van der Waals surface area contributed by atoms with Crippen molar-refractivity contribution in [3.05, 3.63) is 93.2 Å². The maximum atomic E-state index is 12.6. The fourth-order valence-corrected chi connectivity index (χ4v) is 5.43. The van der Waals surface area contributed by atoms with Gasteiger partial charge in [-0.15, -0.1) is 0 Å². The third-order valence-electron chi connectivity index (χ3n) is 7.50. The van der Waals surface area contributed by atoms with E-state index >= 15 is 0 Å². The molecule has 4 N–H and O–H groups in total. The standard InChI is InChI=1S/C30H32FN5O3/c31-14-27(37)33-15-25(28-29(38)30(39)35-19-34-28)13-22-7-3-20(4-8-22)1-2-21-5-9-23(10-6-21)16-36-17-24-11-12-32-26(24)18-36/h3-10,19,24-26,32,38H,11-18H2,(H,33,37)(H,34,35,39)/t24-,25?,26+/m0/s1. The summed E-state index contributed by atoms with van der Waals surface area (Å²) in [5.41, 5.74) is 3.46. The summed E-state index contributed by atoms with van der Waals surface area (Å²) in [5.74, 6) is 5.41. The van der Waals surface area contributed by atoms with E-state index < -0.39 is 29.8 Å². The summed E-state index contributed by atoms with van der Waals surface area (Å²) < 4.78 is 12.6. The highest BCUT2D eigenvalue weighted by Gasteiger charge is 2.35. The Hall–Kier alpha value is -4.00. The molecule has 9 heteroatoms. The monoisotopic (exact) mass is 529 g/mol. The molecule has 3 atom stereocenters. The number of fused-ring (bicyclic) bond motifs is 1. The zero-order chi connectivity index (χ0) is 27.2. The van der Waals surface area contributed by atoms with Gasteiger partial charge in [-0.25, -0.2) is 9.37 Å². The van der Waals surface area contributed by atoms with Gasteiger partial charge in [0.1, 0.15) is 0 Å². The fraction of sp³-hybridized carbons (Fsp3) is 0.367. The third kappa shape index (κ3) is 6.72. The Balaban J connectivity index is 1.20. The summed E-state index contributed by atoms with van der Waals surface area (Å²) in [6, 6.07) is 16.7. The Morgan fingerprint density at radius 2 is 1.79 bits per heavy atom. The fourth-order valence-electron chi connectivity index (χ4n) is 5.43. The van der Waals surface area contributed by atoms with Crippen molar-refractivity contribution < 1.29 is 14.3 Å². The lowest BCUT2D eigenvalue weighted by molar-refractivity contribution is -0.122. The number of aromatic hydroxyl groups is 1. The Morgan fingerprint density at radius 3 is 2.46 bits per heavy atom. The van der Waals surface area contributed by atoms with Crippen LogP contribution in [0.2, 0.25) is 0 Å². The number of benzene rings is 2. The molecule has 0 radical (unpaired) electrons. The third-order valence-corrected chi connectivity index (χ3v) is 7.50. The zero-order valence-corrected chi connectivity index (χ0v) is 21.6. The van der Waals surface area contributed by atoms with Crippen molar-refractivity contribution in [1.82, 2.24) is 25.5 Å². The minimum Gasteiger partial charge on any atom is -0.502 e. The highest BCUT2D eigenvalue weighted by molar-refractivity contribution is 5.77. The van der Waals surface area contributed by atoms with E-state index in [-0.39, 0.29) is 12.2 Å². The lowest BCUT2D eigenvalue weighted by atomic mass is 9.94. The summed E-state index contributed by atoms with van der Waals surface area (Å²) in [5, 5.41) is 16.3. The molecule has 0 spiro atoms. The summed E-state index contributed by atoms with van der Waals surface area (Å²) in [7, 11) is 0. The van der Waals surface area contributed by atoms with Crippen LogP contribution < -0.4 is 16.2 Å². The molecule has 5 rings (SSSR count). The number of alkyl halides is 1. The predicted octanol–water partition coefficient (Wildman–Crippen LogP) is 2.08. The quantitative estimate of drug-likeness (QED) is 0.333. The normalized spacial score (nSPS) is 19.2. The van der Waals surface area contributed by atoms with Crippen molar-refractivity contribution in [3.8, 4) is 17.6 Å². The summed E-state index contributed by atoms with van der Waals surface area (Å²) in [6.07, 6.45) is 2.85. The van der Waals surface area contributed by atoms with E-state index in [0.717, 1.165) is 42.2 Å². The second-order valence-electron chi connectivity index (χ2n) is 10.3. The highest BCUT2D eigenvalue weighted by atomic mass is 19.1. The van der Waals surface area contributed by atoms with Crippen LogP contribution in [0.1, 0.15) is 40.3 Å². The van der Waals surface area contributed by atoms with Crippen molar-refractivity contribution >= 4 is 5.91 Å². The van der Waals surface area contributed by atoms with E-state index in [9.17, 15) is 19.1 Å². The van der Waals surface area contributed by atoms with Crippen LogP contribution in [-0.4, -0.2) is 64.8 Å². The number of carbonyl (C=O) groups is 1. The predicted molar refractivity (Wildman–Crippen MR) is 146 cm³/mol. The number of nitrogens with zero attached hydrogens (tertiary/aromatic N) is 2. The molecule has 2 aliphatic rings. The van der Waals surface area contributed by atoms with Crippen molar-refractivity contribution in [1.29, 1.82) is 0 Å². The average Bonchev–Trinajstić information content (AvgIpc) is 3.55. The molecule has 2 aromatic carbocycles. The highest BCUT2D eigenvalue weighted by Crippen LogP contribution is 2.26. The van der Waals surface area contributed by atoms with Gasteiger partial charge >= 0.3 is 0 Å². The number of aromatic nitrogens is 2. The number of aromatic amines is 1. The molecule has 2 fully saturated rings. The minimum absolute atomic E-state index is 0.0279. The topological polar surface area (TPSA) is 110 Å². The number of amides is 1. The molecule has 1 amide bonds. The van der Waals surface area contributed by atoms with Gasteiger partial charge in [0.15, 0.2) is 6.67 Å². The molecule has 0 saturated carbocycles. The van der Waals surface area contributed by atoms with E-state index in [1.165, 1.54) is 24.9 Å². The Morgan fingerprint density at radius 1 is 1.10 bits per heavy atom. The molecule has 0 bridgehead atoms. The van der Waals surface area contributed by atoms with Gasteiger partial charge in [-0.3, -0.25) is 14.5 Å². The second-order valence-corrected chi connectivity index (χ2v) is 10.3. The van der Waals surface area contributed by atoms with Gasteiger partial charge in [0.05, 0.1) is 12.0 Å². The summed E-state index contributed by atoms with van der Waals surface area (Å²) in [6.45, 7) is 3.29. The van der Waals surface area contributed by atoms with Gasteiger partial charge < -0.3 is 20.7 Å². The van der Waals surface area contributed by atoms with Gasteiger partial charge in [-0.2, -0.15) is 0 Å². The number of halogens is 1. The molecular weight excluding hydrogens is 497 g/mol. The lowest BCUT2D eigenvalue weighted by Crippen LogP contribution is -2.31. The molecule has 2 saturated heterocycles. The number of carbonyl (C=O) groups excluding carboxylic acids is 1. The Bertz CT molecular complexity index is 1400. The van der Waals surface area contributed by atoms with Crippen molar-refractivity contribution in [2.45, 2.75) is 31.3 Å². The van der Waals surface area contributed by atoms with Crippen LogP contribution in [0.15, 0.2) is 59.7 Å². The molecule has 8 nitrogen and oxygen atoms in total. The van der Waals surface area contributed by atoms with E-state index in [1.807, 2.05) is 24.3 Å². The maximum Gasteiger partial charge on any atom is 0.293 e. The van der Waals surface area contributed by atoms with Crippen molar-refractivity contribution in [3.63, 3.8) is 0 Å². The van der Waals surface area contributed by atoms with Crippen LogP contribution in [0, 0.1) is 17.8 Å². The molecule has 2 aliphatic heterocycles. The zero-order valence-electron chi connectivity index (χ0n) is 21.6. The van der Waals surface area contributed by atoms with Crippen molar-refractivity contribution in [2.24, 2.45) is 5.92 Å². The molecule has 1 unspecified atom stereocenters. The lowest BCUT2D eigenvalue weighted by Gasteiger charge is -2.17. The van der Waals surface area contributed by atoms with E-state index in [4.69, 9.17) is 0 Å². The van der Waals surface area contributed by atoms with E-state index in [2.05, 4.69) is 61.6 Å². The van der Waals surface area contributed by atoms with Gasteiger partial charge in [0, 0.05) is 49.3 Å². The molecule has 202 valence electrons. The first-order chi connectivity index (χ1) is 19.0. The summed E-state index contributed by atoms with van der Waals surface area (Å²) >= 11 is 0. The first-order valence-corrected chi connectivity index (χ1v) is 13.2. The molecular formula is C30H32FN5O3. The van der Waals surface area contributed by atoms with E-state index in [1.54, 1.807) is 0 Å². The Kier molecular flexibility index (Phi) is 8.35. The number of rotatable bonds is 8. The molecule has 3 aromatic rings. The molecule has 3 heterocycles. The first kappa shape index (κ1) is 26.6.